The van der Waals surface area contributed by atoms with Gasteiger partial charge in [0.15, 0.2) is 0 Å². The van der Waals surface area contributed by atoms with E-state index in [-0.39, 0.29) is 39.2 Å². The van der Waals surface area contributed by atoms with E-state index in [1.807, 2.05) is 0 Å². The molecule has 54 heavy (non-hydrogen) atoms. The van der Waals surface area contributed by atoms with E-state index in [2.05, 4.69) is 137 Å². The van der Waals surface area contributed by atoms with Gasteiger partial charge in [0, 0.05) is 28.6 Å². The smallest absolute Gasteiger partial charge is 0.292 e. The molecule has 0 bridgehead atoms. The predicted molar refractivity (Wildman–Crippen MR) is 229 cm³/mol. The van der Waals surface area contributed by atoms with E-state index in [4.69, 9.17) is 4.42 Å². The molecule has 0 unspecified atom stereocenters. The van der Waals surface area contributed by atoms with Crippen molar-refractivity contribution in [2.45, 2.75) is 161 Å². The van der Waals surface area contributed by atoms with Gasteiger partial charge < -0.3 is 9.32 Å². The largest absolute Gasteiger partial charge is 0.470 e. The van der Waals surface area contributed by atoms with Gasteiger partial charge in [0.05, 0.1) is 11.3 Å². The third kappa shape index (κ3) is 4.00. The standard InChI is InChI=1S/C51H58BNO/c1-28-21-29-23-31-30-24-33-36(50(10,11)18-15-47(33,4)5)27-41(30)54-45(31)52-38-14-13-32-42-44(38)53(40(22-28)43(29)52)39-26-35-34(48(6,7)16-17-49(35,8)9)25-37(39)51(42,12)20-19-46(32,2)3/h13-14,21-22,24-27H,15-20,23H2,1-12H3/t51-/m0/s1. The molecule has 3 heteroatoms. The van der Waals surface area contributed by atoms with Gasteiger partial charge in [-0.1, -0.05) is 100 Å². The third-order valence-electron chi connectivity index (χ3n) is 16.4. The lowest BCUT2D eigenvalue weighted by Gasteiger charge is -2.54. The second kappa shape index (κ2) is 9.80. The van der Waals surface area contributed by atoms with Gasteiger partial charge in [-0.3, -0.25) is 0 Å². The van der Waals surface area contributed by atoms with Crippen LogP contribution in [0.5, 0.6) is 0 Å². The fourth-order valence-electron chi connectivity index (χ4n) is 12.7. The van der Waals surface area contributed by atoms with E-state index in [9.17, 15) is 0 Å². The van der Waals surface area contributed by atoms with Crippen molar-refractivity contribution >= 4 is 51.3 Å². The molecule has 1 atom stereocenters. The molecule has 5 aromatic rings. The molecule has 2 nitrogen and oxygen atoms in total. The molecule has 0 radical (unpaired) electrons. The van der Waals surface area contributed by atoms with Crippen molar-refractivity contribution in [2.75, 3.05) is 4.90 Å². The second-order valence-electron chi connectivity index (χ2n) is 22.2. The van der Waals surface area contributed by atoms with Crippen LogP contribution in [0.25, 0.3) is 11.0 Å². The lowest BCUT2D eigenvalue weighted by molar-refractivity contribution is 0.327. The highest BCUT2D eigenvalue weighted by molar-refractivity contribution is 6.98. The molecular weight excluding hydrogens is 653 g/mol. The fraction of sp³-hybridized carbons (Fsp3) is 0.490. The maximum absolute atomic E-state index is 7.32. The Balaban J connectivity index is 1.24. The number of anilines is 3. The van der Waals surface area contributed by atoms with Crippen LogP contribution in [-0.4, -0.2) is 6.71 Å². The van der Waals surface area contributed by atoms with Gasteiger partial charge in [-0.25, -0.2) is 0 Å². The van der Waals surface area contributed by atoms with E-state index < -0.39 is 0 Å². The average Bonchev–Trinajstić information content (AvgIpc) is 3.46. The number of nitrogens with zero attached hydrogens (tertiary/aromatic N) is 1. The lowest BCUT2D eigenvalue weighted by atomic mass is 9.33. The van der Waals surface area contributed by atoms with Gasteiger partial charge in [-0.2, -0.15) is 0 Å². The van der Waals surface area contributed by atoms with Crippen LogP contribution in [-0.2, 0) is 38.9 Å². The van der Waals surface area contributed by atoms with Crippen LogP contribution < -0.4 is 21.5 Å². The summed E-state index contributed by atoms with van der Waals surface area (Å²) >= 11 is 0. The monoisotopic (exact) mass is 711 g/mol. The Morgan fingerprint density at radius 3 is 1.81 bits per heavy atom. The van der Waals surface area contributed by atoms with Gasteiger partial charge in [0.25, 0.3) is 6.71 Å². The highest BCUT2D eigenvalue weighted by Crippen LogP contribution is 2.62. The first-order valence-electron chi connectivity index (χ1n) is 21.1. The number of hydrogen-bond acceptors (Lipinski definition) is 2. The van der Waals surface area contributed by atoms with Crippen molar-refractivity contribution in [2.24, 2.45) is 0 Å². The molecule has 276 valence electrons. The first-order valence-corrected chi connectivity index (χ1v) is 21.1. The van der Waals surface area contributed by atoms with Crippen LogP contribution in [0.2, 0.25) is 0 Å². The predicted octanol–water partition coefficient (Wildman–Crippen LogP) is 11.3. The van der Waals surface area contributed by atoms with Crippen molar-refractivity contribution < 1.29 is 4.42 Å². The van der Waals surface area contributed by atoms with Gasteiger partial charge in [-0.05, 0) is 163 Å². The van der Waals surface area contributed by atoms with Crippen molar-refractivity contribution in [1.82, 2.24) is 0 Å². The lowest BCUT2D eigenvalue weighted by Crippen LogP contribution is -2.62. The summed E-state index contributed by atoms with van der Waals surface area (Å²) in [5.41, 5.74) is 25.1. The Kier molecular flexibility index (Phi) is 6.10. The molecule has 3 aliphatic carbocycles. The first-order chi connectivity index (χ1) is 25.2. The Hall–Kier alpha value is -3.72. The zero-order valence-corrected chi connectivity index (χ0v) is 35.0. The topological polar surface area (TPSA) is 16.4 Å². The molecular formula is C51H58BNO. The number of benzene rings is 4. The summed E-state index contributed by atoms with van der Waals surface area (Å²) in [6.45, 7) is 29.7. The molecule has 0 N–H and O–H groups in total. The maximum Gasteiger partial charge on any atom is 0.292 e. The number of aryl methyl sites for hydroxylation is 1. The minimum atomic E-state index is -0.0690. The van der Waals surface area contributed by atoms with Crippen LogP contribution in [0, 0.1) is 6.92 Å². The summed E-state index contributed by atoms with van der Waals surface area (Å²) in [5.74, 6) is 0. The normalized spacial score (nSPS) is 24.9. The summed E-state index contributed by atoms with van der Waals surface area (Å²) in [6, 6.07) is 20.5. The number of rotatable bonds is 0. The zero-order chi connectivity index (χ0) is 37.9. The molecule has 0 amide bonds. The van der Waals surface area contributed by atoms with Gasteiger partial charge >= 0.3 is 0 Å². The van der Waals surface area contributed by atoms with Crippen LogP contribution >= 0.6 is 0 Å². The Bertz CT molecular complexity index is 2550. The van der Waals surface area contributed by atoms with Crippen LogP contribution in [0.15, 0.2) is 52.9 Å². The molecule has 4 heterocycles. The Labute approximate surface area is 324 Å². The summed E-state index contributed by atoms with van der Waals surface area (Å²) in [6.07, 6.45) is 8.15. The molecule has 0 fully saturated rings. The first kappa shape index (κ1) is 33.6. The fourth-order valence-corrected chi connectivity index (χ4v) is 12.7. The summed E-state index contributed by atoms with van der Waals surface area (Å²) in [4.78, 5) is 2.77. The second-order valence-corrected chi connectivity index (χ2v) is 22.2. The molecule has 11 rings (SSSR count). The minimum Gasteiger partial charge on any atom is -0.470 e. The number of fused-ring (bicyclic) bond motifs is 11. The zero-order valence-electron chi connectivity index (χ0n) is 35.0. The van der Waals surface area contributed by atoms with E-state index in [0.717, 1.165) is 18.4 Å². The molecule has 3 aliphatic heterocycles. The molecule has 0 saturated heterocycles. The highest BCUT2D eigenvalue weighted by atomic mass is 16.3. The summed E-state index contributed by atoms with van der Waals surface area (Å²) < 4.78 is 7.32. The van der Waals surface area contributed by atoms with E-state index >= 15 is 0 Å². The maximum atomic E-state index is 7.32. The minimum absolute atomic E-state index is 0.0690. The highest BCUT2D eigenvalue weighted by Gasteiger charge is 2.54. The van der Waals surface area contributed by atoms with E-state index in [1.165, 1.54) is 110 Å². The summed E-state index contributed by atoms with van der Waals surface area (Å²) in [5, 5.41) is 1.34. The van der Waals surface area contributed by atoms with Crippen LogP contribution in [0.3, 0.4) is 0 Å². The Morgan fingerprint density at radius 1 is 0.574 bits per heavy atom. The van der Waals surface area contributed by atoms with Gasteiger partial charge in [-0.15, -0.1) is 0 Å². The van der Waals surface area contributed by atoms with Crippen molar-refractivity contribution in [3.63, 3.8) is 0 Å². The average molecular weight is 712 g/mol. The molecule has 4 aromatic carbocycles. The quantitative estimate of drug-likeness (QED) is 0.146. The molecule has 6 aliphatic rings. The molecule has 1 aromatic heterocycles. The molecule has 0 spiro atoms. The SMILES string of the molecule is Cc1cc2c3c(c1)N1c4cc5c(cc4[C@]4(C)CCC(C)(C)c6ccc(c1c64)B3c1oc3cc4c(cc3c1C2)C(C)(C)CCC4(C)C)C(C)(C)CCC5(C)C. The van der Waals surface area contributed by atoms with E-state index in [0.29, 0.717) is 0 Å². The summed E-state index contributed by atoms with van der Waals surface area (Å²) in [7, 11) is 0. The van der Waals surface area contributed by atoms with Crippen molar-refractivity contribution in [3.05, 3.63) is 104 Å². The molecule has 0 saturated carbocycles. The van der Waals surface area contributed by atoms with E-state index in [1.54, 1.807) is 16.7 Å². The van der Waals surface area contributed by atoms with Crippen molar-refractivity contribution in [1.29, 1.82) is 0 Å². The van der Waals surface area contributed by atoms with Gasteiger partial charge in [0.1, 0.15) is 5.58 Å². The number of hydrogen-bond donors (Lipinski definition) is 0. The van der Waals surface area contributed by atoms with Gasteiger partial charge in [0.2, 0.25) is 0 Å². The third-order valence-corrected chi connectivity index (χ3v) is 16.4. The Morgan fingerprint density at radius 2 is 1.15 bits per heavy atom. The van der Waals surface area contributed by atoms with Crippen LogP contribution in [0.1, 0.15) is 170 Å². The van der Waals surface area contributed by atoms with Crippen molar-refractivity contribution in [3.8, 4) is 0 Å². The van der Waals surface area contributed by atoms with Crippen LogP contribution in [0.4, 0.5) is 17.1 Å². The number of furan rings is 1.